The highest BCUT2D eigenvalue weighted by Crippen LogP contribution is 2.22. The van der Waals surface area contributed by atoms with Crippen molar-refractivity contribution in [3.05, 3.63) is 38.9 Å². The van der Waals surface area contributed by atoms with E-state index in [0.717, 1.165) is 5.75 Å². The van der Waals surface area contributed by atoms with E-state index < -0.39 is 10.8 Å². The fourth-order valence-corrected chi connectivity index (χ4v) is 2.18. The molecule has 1 unspecified atom stereocenters. The molecule has 1 aromatic rings. The molecule has 5 nitrogen and oxygen atoms in total. The number of hydrogen-bond donors (Lipinski definition) is 1. The number of nitro benzene ring substituents is 1. The highest BCUT2D eigenvalue weighted by Gasteiger charge is 2.17. The monoisotopic (exact) mass is 288 g/mol. The maximum absolute atomic E-state index is 11.9. The fraction of sp³-hybridized carbons (Fsp3) is 0.364. The summed E-state index contributed by atoms with van der Waals surface area (Å²) >= 11 is 7.47. The Morgan fingerprint density at radius 3 is 2.83 bits per heavy atom. The third-order valence-electron chi connectivity index (χ3n) is 2.20. The zero-order chi connectivity index (χ0) is 13.7. The minimum absolute atomic E-state index is 0.0252. The number of halogens is 1. The highest BCUT2D eigenvalue weighted by atomic mass is 35.5. The summed E-state index contributed by atoms with van der Waals surface area (Å²) in [5.41, 5.74) is -0.0270. The molecule has 1 aromatic carbocycles. The van der Waals surface area contributed by atoms with Crippen LogP contribution in [0.1, 0.15) is 17.3 Å². The average molecular weight is 289 g/mol. The molecular weight excluding hydrogens is 276 g/mol. The minimum Gasteiger partial charge on any atom is -0.349 e. The van der Waals surface area contributed by atoms with Crippen molar-refractivity contribution in [1.29, 1.82) is 0 Å². The normalized spacial score (nSPS) is 11.9. The van der Waals surface area contributed by atoms with Crippen LogP contribution >= 0.6 is 23.4 Å². The lowest BCUT2D eigenvalue weighted by Gasteiger charge is -2.12. The summed E-state index contributed by atoms with van der Waals surface area (Å²) in [6.07, 6.45) is 1.93. The number of rotatable bonds is 5. The second kappa shape index (κ2) is 6.61. The van der Waals surface area contributed by atoms with Crippen molar-refractivity contribution >= 4 is 35.0 Å². The lowest BCUT2D eigenvalue weighted by atomic mass is 10.2. The molecule has 0 spiro atoms. The van der Waals surface area contributed by atoms with Gasteiger partial charge in [-0.15, -0.1) is 0 Å². The van der Waals surface area contributed by atoms with E-state index in [-0.39, 0.29) is 22.3 Å². The maximum Gasteiger partial charge on any atom is 0.270 e. The van der Waals surface area contributed by atoms with Crippen molar-refractivity contribution in [2.75, 3.05) is 12.0 Å². The molecule has 98 valence electrons. The summed E-state index contributed by atoms with van der Waals surface area (Å²) < 4.78 is 0. The lowest BCUT2D eigenvalue weighted by Crippen LogP contribution is -2.34. The molecule has 0 saturated carbocycles. The molecule has 0 heterocycles. The van der Waals surface area contributed by atoms with Crippen LogP contribution in [0.5, 0.6) is 0 Å². The van der Waals surface area contributed by atoms with Gasteiger partial charge in [-0.3, -0.25) is 14.9 Å². The second-order valence-electron chi connectivity index (χ2n) is 3.75. The van der Waals surface area contributed by atoms with Gasteiger partial charge >= 0.3 is 0 Å². The van der Waals surface area contributed by atoms with Gasteiger partial charge in [-0.2, -0.15) is 11.8 Å². The van der Waals surface area contributed by atoms with E-state index in [1.165, 1.54) is 18.2 Å². The van der Waals surface area contributed by atoms with Gasteiger partial charge in [-0.25, -0.2) is 0 Å². The number of thioether (sulfide) groups is 1. The molecule has 1 atom stereocenters. The summed E-state index contributed by atoms with van der Waals surface area (Å²) in [5, 5.41) is 13.6. The molecule has 0 saturated heterocycles. The molecule has 0 aromatic heterocycles. The molecule has 1 rings (SSSR count). The molecule has 0 fully saturated rings. The third kappa shape index (κ3) is 3.89. The third-order valence-corrected chi connectivity index (χ3v) is 3.36. The highest BCUT2D eigenvalue weighted by molar-refractivity contribution is 7.98. The lowest BCUT2D eigenvalue weighted by molar-refractivity contribution is -0.384. The number of amides is 1. The van der Waals surface area contributed by atoms with Crippen molar-refractivity contribution < 1.29 is 9.72 Å². The van der Waals surface area contributed by atoms with Gasteiger partial charge in [-0.1, -0.05) is 11.6 Å². The van der Waals surface area contributed by atoms with Crippen molar-refractivity contribution in [2.24, 2.45) is 0 Å². The summed E-state index contributed by atoms with van der Waals surface area (Å²) in [7, 11) is 0. The van der Waals surface area contributed by atoms with E-state index >= 15 is 0 Å². The molecule has 0 aliphatic rings. The van der Waals surface area contributed by atoms with Crippen LogP contribution in [-0.2, 0) is 0 Å². The Hall–Kier alpha value is -1.27. The van der Waals surface area contributed by atoms with Crippen LogP contribution in [0, 0.1) is 10.1 Å². The quantitative estimate of drug-likeness (QED) is 0.668. The molecular formula is C11H13ClN2O3S. The van der Waals surface area contributed by atoms with Crippen LogP contribution in [-0.4, -0.2) is 28.9 Å². The Bertz CT molecular complexity index is 468. The Morgan fingerprint density at radius 1 is 1.61 bits per heavy atom. The molecule has 7 heteroatoms. The van der Waals surface area contributed by atoms with Crippen LogP contribution in [0.2, 0.25) is 5.02 Å². The predicted octanol–water partition coefficient (Wildman–Crippen LogP) is 2.73. The van der Waals surface area contributed by atoms with Crippen LogP contribution < -0.4 is 5.32 Å². The number of nitrogens with zero attached hydrogens (tertiary/aromatic N) is 1. The molecule has 0 bridgehead atoms. The zero-order valence-corrected chi connectivity index (χ0v) is 11.5. The summed E-state index contributed by atoms with van der Waals surface area (Å²) in [6, 6.07) is 3.78. The first kappa shape index (κ1) is 14.8. The standard InChI is InChI=1S/C11H13ClN2O3S/c1-7(6-18-2)13-11(15)9-5-8(14(16)17)3-4-10(9)12/h3-5,7H,6H2,1-2H3,(H,13,15). The number of benzene rings is 1. The first-order valence-corrected chi connectivity index (χ1v) is 6.96. The Morgan fingerprint density at radius 2 is 2.28 bits per heavy atom. The largest absolute Gasteiger partial charge is 0.349 e. The van der Waals surface area contributed by atoms with Crippen LogP contribution in [0.4, 0.5) is 5.69 Å². The van der Waals surface area contributed by atoms with Crippen molar-refractivity contribution in [1.82, 2.24) is 5.32 Å². The number of non-ortho nitro benzene ring substituents is 1. The SMILES string of the molecule is CSCC(C)NC(=O)c1cc([N+](=O)[O-])ccc1Cl. The average Bonchev–Trinajstić information content (AvgIpc) is 2.29. The van der Waals surface area contributed by atoms with E-state index in [4.69, 9.17) is 11.6 Å². The van der Waals surface area contributed by atoms with Gasteiger partial charge in [0.25, 0.3) is 11.6 Å². The van der Waals surface area contributed by atoms with Crippen LogP contribution in [0.25, 0.3) is 0 Å². The molecule has 1 N–H and O–H groups in total. The Balaban J connectivity index is 2.91. The van der Waals surface area contributed by atoms with E-state index in [0.29, 0.717) is 0 Å². The first-order chi connectivity index (χ1) is 8.45. The van der Waals surface area contributed by atoms with E-state index in [1.54, 1.807) is 11.8 Å². The number of nitrogens with one attached hydrogen (secondary N) is 1. The molecule has 0 aliphatic carbocycles. The summed E-state index contributed by atoms with van der Waals surface area (Å²) in [4.78, 5) is 22.0. The molecule has 0 aliphatic heterocycles. The molecule has 0 radical (unpaired) electrons. The number of carbonyl (C=O) groups excluding carboxylic acids is 1. The topological polar surface area (TPSA) is 72.2 Å². The number of carbonyl (C=O) groups is 1. The van der Waals surface area contributed by atoms with Crippen LogP contribution in [0.15, 0.2) is 18.2 Å². The van der Waals surface area contributed by atoms with Gasteiger partial charge in [0.05, 0.1) is 15.5 Å². The van der Waals surface area contributed by atoms with Gasteiger partial charge in [0.15, 0.2) is 0 Å². The molecule has 1 amide bonds. The van der Waals surface area contributed by atoms with Gasteiger partial charge in [0.1, 0.15) is 0 Å². The summed E-state index contributed by atoms with van der Waals surface area (Å²) in [6.45, 7) is 1.86. The van der Waals surface area contributed by atoms with Crippen LogP contribution in [0.3, 0.4) is 0 Å². The summed E-state index contributed by atoms with van der Waals surface area (Å²) in [5.74, 6) is 0.364. The fourth-order valence-electron chi connectivity index (χ4n) is 1.39. The predicted molar refractivity (Wildman–Crippen MR) is 73.4 cm³/mol. The van der Waals surface area contributed by atoms with Gasteiger partial charge in [0, 0.05) is 23.9 Å². The number of nitro groups is 1. The number of hydrogen-bond acceptors (Lipinski definition) is 4. The Labute approximate surface area is 114 Å². The van der Waals surface area contributed by atoms with E-state index in [1.807, 2.05) is 13.2 Å². The molecule has 18 heavy (non-hydrogen) atoms. The van der Waals surface area contributed by atoms with E-state index in [2.05, 4.69) is 5.32 Å². The maximum atomic E-state index is 11.9. The van der Waals surface area contributed by atoms with Crippen molar-refractivity contribution in [3.8, 4) is 0 Å². The van der Waals surface area contributed by atoms with Gasteiger partial charge in [0.2, 0.25) is 0 Å². The Kier molecular flexibility index (Phi) is 5.43. The minimum atomic E-state index is -0.557. The van der Waals surface area contributed by atoms with Crippen molar-refractivity contribution in [3.63, 3.8) is 0 Å². The van der Waals surface area contributed by atoms with Crippen molar-refractivity contribution in [2.45, 2.75) is 13.0 Å². The zero-order valence-electron chi connectivity index (χ0n) is 9.97. The van der Waals surface area contributed by atoms with Gasteiger partial charge in [-0.05, 0) is 19.2 Å². The van der Waals surface area contributed by atoms with E-state index in [9.17, 15) is 14.9 Å². The smallest absolute Gasteiger partial charge is 0.270 e. The van der Waals surface area contributed by atoms with Gasteiger partial charge < -0.3 is 5.32 Å². The second-order valence-corrected chi connectivity index (χ2v) is 5.07. The first-order valence-electron chi connectivity index (χ1n) is 5.19.